The lowest BCUT2D eigenvalue weighted by Gasteiger charge is -1.93. The molecule has 1 aromatic heterocycles. The van der Waals surface area contributed by atoms with Crippen molar-refractivity contribution in [3.63, 3.8) is 0 Å². The molecule has 7 heteroatoms. The zero-order valence-corrected chi connectivity index (χ0v) is 9.26. The molecule has 1 rings (SSSR count). The van der Waals surface area contributed by atoms with E-state index in [9.17, 15) is 0 Å². The van der Waals surface area contributed by atoms with Gasteiger partial charge in [-0.2, -0.15) is 0 Å². The molecule has 0 aromatic carbocycles. The number of nitrogens with one attached hydrogen (secondary N) is 2. The highest BCUT2D eigenvalue weighted by atomic mass is 35.5. The second-order valence-electron chi connectivity index (χ2n) is 1.83. The van der Waals surface area contributed by atoms with Gasteiger partial charge in [0, 0.05) is 5.38 Å². The Hall–Kier alpha value is -0.0400. The molecule has 0 unspecified atom stereocenters. The Morgan fingerprint density at radius 3 is 2.92 bits per heavy atom. The fourth-order valence-corrected chi connectivity index (χ4v) is 2.22. The SMILES string of the molecule is Cl.N=C(N)CSc1csc(=S)[nH]1. The summed E-state index contributed by atoms with van der Waals surface area (Å²) in [5.74, 6) is 0.697. The summed E-state index contributed by atoms with van der Waals surface area (Å²) < 4.78 is 0.760. The summed E-state index contributed by atoms with van der Waals surface area (Å²) in [7, 11) is 0. The number of halogens is 1. The van der Waals surface area contributed by atoms with E-state index in [2.05, 4.69) is 4.98 Å². The van der Waals surface area contributed by atoms with Crippen molar-refractivity contribution in [3.8, 4) is 0 Å². The lowest BCUT2D eigenvalue weighted by atomic mass is 10.7. The van der Waals surface area contributed by atoms with Crippen LogP contribution in [0.25, 0.3) is 0 Å². The van der Waals surface area contributed by atoms with Crippen molar-refractivity contribution in [1.29, 1.82) is 5.41 Å². The first-order valence-corrected chi connectivity index (χ1v) is 5.09. The summed E-state index contributed by atoms with van der Waals surface area (Å²) in [6.07, 6.45) is 0. The minimum Gasteiger partial charge on any atom is -0.387 e. The number of amidine groups is 1. The number of H-pyrrole nitrogens is 1. The lowest BCUT2D eigenvalue weighted by molar-refractivity contribution is 1.19. The molecule has 0 radical (unpaired) electrons. The molecular weight excluding hydrogens is 234 g/mol. The summed E-state index contributed by atoms with van der Waals surface area (Å²) in [6.45, 7) is 0. The Morgan fingerprint density at radius 2 is 2.50 bits per heavy atom. The second-order valence-corrected chi connectivity index (χ2v) is 4.39. The number of thioether (sulfide) groups is 1. The summed E-state index contributed by atoms with van der Waals surface area (Å²) in [4.78, 5) is 2.98. The van der Waals surface area contributed by atoms with Gasteiger partial charge in [0.05, 0.1) is 10.8 Å². The van der Waals surface area contributed by atoms with Crippen LogP contribution in [0.2, 0.25) is 0 Å². The van der Waals surface area contributed by atoms with Gasteiger partial charge in [0.1, 0.15) is 5.84 Å². The number of aromatic amines is 1. The van der Waals surface area contributed by atoms with Crippen molar-refractivity contribution in [1.82, 2.24) is 4.98 Å². The molecule has 0 bridgehead atoms. The summed E-state index contributed by atoms with van der Waals surface area (Å²) >= 11 is 7.85. The van der Waals surface area contributed by atoms with E-state index in [1.807, 2.05) is 5.38 Å². The molecule has 1 aromatic rings. The van der Waals surface area contributed by atoms with E-state index in [0.717, 1.165) is 8.98 Å². The van der Waals surface area contributed by atoms with Crippen LogP contribution in [0.1, 0.15) is 0 Å². The first-order chi connectivity index (χ1) is 5.18. The third kappa shape index (κ3) is 4.10. The van der Waals surface area contributed by atoms with Crippen molar-refractivity contribution in [3.05, 3.63) is 9.33 Å². The molecule has 3 nitrogen and oxygen atoms in total. The van der Waals surface area contributed by atoms with Crippen LogP contribution < -0.4 is 5.73 Å². The number of hydrogen-bond donors (Lipinski definition) is 3. The zero-order chi connectivity index (χ0) is 8.27. The Kier molecular flexibility index (Phi) is 5.56. The second kappa shape index (κ2) is 5.58. The highest BCUT2D eigenvalue weighted by Gasteiger charge is 1.95. The van der Waals surface area contributed by atoms with Crippen molar-refractivity contribution in [2.24, 2.45) is 5.73 Å². The van der Waals surface area contributed by atoms with Crippen LogP contribution in [0.4, 0.5) is 0 Å². The van der Waals surface area contributed by atoms with Crippen LogP contribution in [-0.4, -0.2) is 16.6 Å². The minimum atomic E-state index is 0. The van der Waals surface area contributed by atoms with Gasteiger partial charge in [-0.05, 0) is 12.2 Å². The van der Waals surface area contributed by atoms with Crippen molar-refractivity contribution in [2.45, 2.75) is 5.03 Å². The molecule has 0 fully saturated rings. The number of hydrogen-bond acceptors (Lipinski definition) is 4. The van der Waals surface area contributed by atoms with E-state index in [1.54, 1.807) is 0 Å². The topological polar surface area (TPSA) is 65.7 Å². The summed E-state index contributed by atoms with van der Waals surface area (Å²) in [5.41, 5.74) is 5.17. The van der Waals surface area contributed by atoms with E-state index >= 15 is 0 Å². The van der Waals surface area contributed by atoms with Crippen LogP contribution in [0.15, 0.2) is 10.4 Å². The molecule has 0 aliphatic rings. The maximum absolute atomic E-state index is 6.97. The predicted octanol–water partition coefficient (Wildman–Crippen LogP) is 2.26. The molecule has 0 atom stereocenters. The maximum Gasteiger partial charge on any atom is 0.159 e. The van der Waals surface area contributed by atoms with Crippen LogP contribution >= 0.6 is 47.7 Å². The van der Waals surface area contributed by atoms with Crippen LogP contribution in [-0.2, 0) is 0 Å². The average Bonchev–Trinajstić information content (AvgIpc) is 2.31. The lowest BCUT2D eigenvalue weighted by Crippen LogP contribution is -2.11. The van der Waals surface area contributed by atoms with Crippen LogP contribution in [0.3, 0.4) is 0 Å². The normalized spacial score (nSPS) is 9.00. The fourth-order valence-electron chi connectivity index (χ4n) is 0.492. The van der Waals surface area contributed by atoms with E-state index in [0.29, 0.717) is 5.75 Å². The predicted molar refractivity (Wildman–Crippen MR) is 59.4 cm³/mol. The van der Waals surface area contributed by atoms with Gasteiger partial charge in [-0.25, -0.2) is 0 Å². The van der Waals surface area contributed by atoms with Gasteiger partial charge in [-0.15, -0.1) is 23.7 Å². The fraction of sp³-hybridized carbons (Fsp3) is 0.200. The van der Waals surface area contributed by atoms with Crippen molar-refractivity contribution >= 4 is 53.6 Å². The van der Waals surface area contributed by atoms with E-state index in [4.69, 9.17) is 23.4 Å². The quantitative estimate of drug-likeness (QED) is 0.329. The molecule has 0 saturated carbocycles. The minimum absolute atomic E-state index is 0. The molecule has 0 saturated heterocycles. The third-order valence-corrected chi connectivity index (χ3v) is 3.08. The van der Waals surface area contributed by atoms with Gasteiger partial charge in [-0.3, -0.25) is 5.41 Å². The monoisotopic (exact) mass is 241 g/mol. The van der Waals surface area contributed by atoms with Gasteiger partial charge >= 0.3 is 0 Å². The number of nitrogens with two attached hydrogens (primary N) is 1. The Balaban J connectivity index is 0.00000121. The molecule has 4 N–H and O–H groups in total. The molecular formula is C5H8ClN3S3. The first-order valence-electron chi connectivity index (χ1n) is 2.82. The number of rotatable bonds is 3. The standard InChI is InChI=1S/C5H7N3S3.ClH/c6-3(7)1-10-4-2-11-5(9)8-4;/h2H,1H2,(H3,6,7)(H,8,9);1H. The Morgan fingerprint density at radius 1 is 1.83 bits per heavy atom. The van der Waals surface area contributed by atoms with E-state index in [1.165, 1.54) is 23.1 Å². The Labute approximate surface area is 89.7 Å². The average molecular weight is 242 g/mol. The Bertz CT molecular complexity index is 305. The van der Waals surface area contributed by atoms with Gasteiger partial charge < -0.3 is 10.7 Å². The smallest absolute Gasteiger partial charge is 0.159 e. The maximum atomic E-state index is 6.97. The molecule has 1 heterocycles. The highest BCUT2D eigenvalue weighted by molar-refractivity contribution is 8.00. The van der Waals surface area contributed by atoms with Gasteiger partial charge in [0.15, 0.2) is 3.95 Å². The third-order valence-electron chi connectivity index (χ3n) is 0.881. The molecule has 0 aliphatic heterocycles. The van der Waals surface area contributed by atoms with Gasteiger partial charge in [-0.1, -0.05) is 11.8 Å². The van der Waals surface area contributed by atoms with Crippen molar-refractivity contribution in [2.75, 3.05) is 5.75 Å². The van der Waals surface area contributed by atoms with Gasteiger partial charge in [0.2, 0.25) is 0 Å². The first kappa shape index (κ1) is 12.0. The van der Waals surface area contributed by atoms with E-state index in [-0.39, 0.29) is 18.2 Å². The van der Waals surface area contributed by atoms with Crippen LogP contribution in [0.5, 0.6) is 0 Å². The molecule has 0 spiro atoms. The highest BCUT2D eigenvalue weighted by Crippen LogP contribution is 2.17. The zero-order valence-electron chi connectivity index (χ0n) is 5.99. The number of thiazole rings is 1. The molecule has 0 aliphatic carbocycles. The summed E-state index contributed by atoms with van der Waals surface area (Å²) in [5, 5.41) is 9.88. The molecule has 12 heavy (non-hydrogen) atoms. The molecule has 68 valence electrons. The number of aromatic nitrogens is 1. The van der Waals surface area contributed by atoms with Crippen molar-refractivity contribution < 1.29 is 0 Å². The van der Waals surface area contributed by atoms with E-state index < -0.39 is 0 Å². The molecule has 0 amide bonds. The summed E-state index contributed by atoms with van der Waals surface area (Å²) in [6, 6.07) is 0. The largest absolute Gasteiger partial charge is 0.387 e. The van der Waals surface area contributed by atoms with Crippen LogP contribution in [0, 0.1) is 9.36 Å². The van der Waals surface area contributed by atoms with Gasteiger partial charge in [0.25, 0.3) is 0 Å².